The summed E-state index contributed by atoms with van der Waals surface area (Å²) in [6, 6.07) is 0. The van der Waals surface area contributed by atoms with Gasteiger partial charge in [0.15, 0.2) is 6.10 Å². The van der Waals surface area contributed by atoms with Crippen LogP contribution in [-0.4, -0.2) is 70.0 Å². The van der Waals surface area contributed by atoms with Crippen LogP contribution in [0.3, 0.4) is 0 Å². The lowest BCUT2D eigenvalue weighted by Crippen LogP contribution is -2.37. The zero-order valence-electron chi connectivity index (χ0n) is 35.2. The van der Waals surface area contributed by atoms with Crippen LogP contribution in [0.5, 0.6) is 0 Å². The van der Waals surface area contributed by atoms with E-state index in [1.54, 1.807) is 0 Å². The van der Waals surface area contributed by atoms with Crippen molar-refractivity contribution < 1.29 is 42.1 Å². The maximum Gasteiger partial charge on any atom is 0.306 e. The summed E-state index contributed by atoms with van der Waals surface area (Å²) in [5, 5.41) is 0. The zero-order valence-corrected chi connectivity index (χ0v) is 36.0. The zero-order chi connectivity index (χ0) is 40.0. The van der Waals surface area contributed by atoms with Gasteiger partial charge < -0.3 is 27.9 Å². The number of phosphoric acid groups is 1. The number of hydrogen-bond donors (Lipinski definition) is 0. The second-order valence-electron chi connectivity index (χ2n) is 15.4. The molecule has 1 unspecified atom stereocenters. The minimum atomic E-state index is -4.63. The van der Waals surface area contributed by atoms with Crippen molar-refractivity contribution in [3.63, 3.8) is 0 Å². The van der Waals surface area contributed by atoms with Crippen molar-refractivity contribution >= 4 is 19.8 Å². The lowest BCUT2D eigenvalue weighted by molar-refractivity contribution is -0.870. The number of ether oxygens (including phenoxy) is 2. The van der Waals surface area contributed by atoms with Crippen molar-refractivity contribution in [1.29, 1.82) is 0 Å². The Labute approximate surface area is 331 Å². The number of esters is 2. The second-order valence-corrected chi connectivity index (χ2v) is 16.8. The molecule has 0 bridgehead atoms. The van der Waals surface area contributed by atoms with Crippen LogP contribution in [0.25, 0.3) is 0 Å². The Bertz CT molecular complexity index is 1070. The Morgan fingerprint density at radius 2 is 0.981 bits per heavy atom. The summed E-state index contributed by atoms with van der Waals surface area (Å²) >= 11 is 0. The van der Waals surface area contributed by atoms with Gasteiger partial charge in [-0.1, -0.05) is 140 Å². The minimum Gasteiger partial charge on any atom is -0.756 e. The van der Waals surface area contributed by atoms with Crippen LogP contribution >= 0.6 is 7.82 Å². The van der Waals surface area contributed by atoms with E-state index < -0.39 is 32.5 Å². The average Bonchev–Trinajstić information content (AvgIpc) is 3.12. The van der Waals surface area contributed by atoms with Gasteiger partial charge in [-0.3, -0.25) is 14.2 Å². The highest BCUT2D eigenvalue weighted by atomic mass is 31.2. The summed E-state index contributed by atoms with van der Waals surface area (Å²) in [6.07, 6.45) is 41.3. The highest BCUT2D eigenvalue weighted by Gasteiger charge is 2.21. The fourth-order valence-electron chi connectivity index (χ4n) is 5.46. The molecule has 0 spiro atoms. The molecule has 10 heteroatoms. The third-order valence-electron chi connectivity index (χ3n) is 8.88. The molecule has 0 fully saturated rings. The van der Waals surface area contributed by atoms with Crippen LogP contribution in [0.15, 0.2) is 48.6 Å². The Morgan fingerprint density at radius 3 is 1.43 bits per heavy atom. The number of allylic oxidation sites excluding steroid dienone is 8. The monoisotopic (exact) mass is 782 g/mol. The molecule has 0 amide bonds. The van der Waals surface area contributed by atoms with E-state index in [1.165, 1.54) is 51.4 Å². The molecule has 2 atom stereocenters. The van der Waals surface area contributed by atoms with E-state index in [9.17, 15) is 19.0 Å². The third-order valence-corrected chi connectivity index (χ3v) is 9.84. The normalized spacial score (nSPS) is 14.1. The van der Waals surface area contributed by atoms with Crippen LogP contribution in [0.4, 0.5) is 0 Å². The SMILES string of the molecule is CCCCCC/C=C/C=C\CCCCCCCC(=O)OC[C@H](COP(=O)([O-])OCC[N+](C)(C)C)OC(=O)CCCCCCC/C=C\C=C\CCCCCC. The van der Waals surface area contributed by atoms with Crippen LogP contribution in [0.2, 0.25) is 0 Å². The molecule has 0 aromatic rings. The number of likely N-dealkylation sites (N-methyl/N-ethyl adjacent to an activating group) is 1. The molecule has 0 aromatic heterocycles. The Morgan fingerprint density at radius 1 is 0.574 bits per heavy atom. The molecule has 0 aliphatic heterocycles. The molecule has 0 aliphatic rings. The standard InChI is InChI=1S/C44H80NO8P/c1-6-8-10-12-14-16-18-20-22-24-26-28-30-32-34-36-43(46)50-40-42(41-52-54(48,49)51-39-38-45(3,4)5)53-44(47)37-35-33-31-29-27-25-23-21-19-17-15-13-11-9-7-2/h16-23,42H,6-15,24-41H2,1-5H3/b18-16+,19-17+,22-20-,23-21-/t42-/m1/s1. The van der Waals surface area contributed by atoms with Gasteiger partial charge in [0.1, 0.15) is 19.8 Å². The van der Waals surface area contributed by atoms with Gasteiger partial charge >= 0.3 is 11.9 Å². The molecule has 0 N–H and O–H groups in total. The number of unbranched alkanes of at least 4 members (excludes halogenated alkanes) is 18. The van der Waals surface area contributed by atoms with Gasteiger partial charge in [-0.2, -0.15) is 0 Å². The van der Waals surface area contributed by atoms with Crippen molar-refractivity contribution in [3.8, 4) is 0 Å². The van der Waals surface area contributed by atoms with Gasteiger partial charge in [0.25, 0.3) is 7.82 Å². The molecule has 0 radical (unpaired) electrons. The number of quaternary nitrogens is 1. The van der Waals surface area contributed by atoms with Crippen LogP contribution in [-0.2, 0) is 32.7 Å². The molecule has 0 rings (SSSR count). The Hall–Kier alpha value is -2.03. The number of carbonyl (C=O) groups is 2. The molecule has 9 nitrogen and oxygen atoms in total. The first-order valence-corrected chi connectivity index (χ1v) is 22.8. The summed E-state index contributed by atoms with van der Waals surface area (Å²) in [5.74, 6) is -0.873. The molecule has 314 valence electrons. The minimum absolute atomic E-state index is 0.0381. The van der Waals surface area contributed by atoms with Gasteiger partial charge in [-0.05, 0) is 64.2 Å². The summed E-state index contributed by atoms with van der Waals surface area (Å²) in [5.41, 5.74) is 0. The van der Waals surface area contributed by atoms with E-state index in [4.69, 9.17) is 18.5 Å². The quantitative estimate of drug-likeness (QED) is 0.0200. The predicted octanol–water partition coefficient (Wildman–Crippen LogP) is 11.3. The first-order valence-electron chi connectivity index (χ1n) is 21.4. The molecule has 0 heterocycles. The number of hydrogen-bond acceptors (Lipinski definition) is 8. The topological polar surface area (TPSA) is 111 Å². The Kier molecular flexibility index (Phi) is 35.2. The van der Waals surface area contributed by atoms with Crippen LogP contribution in [0, 0.1) is 0 Å². The van der Waals surface area contributed by atoms with Crippen LogP contribution in [0.1, 0.15) is 168 Å². The molecule has 0 aromatic carbocycles. The number of nitrogens with zero attached hydrogens (tertiary/aromatic N) is 1. The average molecular weight is 782 g/mol. The largest absolute Gasteiger partial charge is 0.756 e. The van der Waals surface area contributed by atoms with Crippen LogP contribution < -0.4 is 4.89 Å². The maximum absolute atomic E-state index is 12.6. The maximum atomic E-state index is 12.6. The molecule has 0 saturated carbocycles. The van der Waals surface area contributed by atoms with Crippen molar-refractivity contribution in [1.82, 2.24) is 0 Å². The van der Waals surface area contributed by atoms with E-state index >= 15 is 0 Å². The van der Waals surface area contributed by atoms with Gasteiger partial charge in [0, 0.05) is 12.8 Å². The fourth-order valence-corrected chi connectivity index (χ4v) is 6.19. The number of carbonyl (C=O) groups excluding carboxylic acids is 2. The van der Waals surface area contributed by atoms with E-state index in [0.29, 0.717) is 23.9 Å². The van der Waals surface area contributed by atoms with Gasteiger partial charge in [0.2, 0.25) is 0 Å². The summed E-state index contributed by atoms with van der Waals surface area (Å²) < 4.78 is 33.8. The fraction of sp³-hybridized carbons (Fsp3) is 0.773. The lowest BCUT2D eigenvalue weighted by atomic mass is 10.1. The summed E-state index contributed by atoms with van der Waals surface area (Å²) in [6.45, 7) is 4.14. The smallest absolute Gasteiger partial charge is 0.306 e. The molecule has 0 saturated heterocycles. The van der Waals surface area contributed by atoms with Crippen molar-refractivity contribution in [2.45, 2.75) is 174 Å². The van der Waals surface area contributed by atoms with Gasteiger partial charge in [-0.15, -0.1) is 0 Å². The second kappa shape index (κ2) is 36.6. The molecule has 0 aliphatic carbocycles. The first kappa shape index (κ1) is 52.0. The predicted molar refractivity (Wildman–Crippen MR) is 222 cm³/mol. The van der Waals surface area contributed by atoms with Gasteiger partial charge in [0.05, 0.1) is 27.7 Å². The molecule has 54 heavy (non-hydrogen) atoms. The van der Waals surface area contributed by atoms with E-state index in [2.05, 4.69) is 62.5 Å². The van der Waals surface area contributed by atoms with E-state index in [-0.39, 0.29) is 26.1 Å². The number of rotatable bonds is 38. The Balaban J connectivity index is 4.45. The first-order chi connectivity index (χ1) is 26.0. The van der Waals surface area contributed by atoms with E-state index in [0.717, 1.165) is 77.0 Å². The highest BCUT2D eigenvalue weighted by molar-refractivity contribution is 7.45. The van der Waals surface area contributed by atoms with Crippen molar-refractivity contribution in [3.05, 3.63) is 48.6 Å². The number of phosphoric ester groups is 1. The highest BCUT2D eigenvalue weighted by Crippen LogP contribution is 2.38. The van der Waals surface area contributed by atoms with Crippen molar-refractivity contribution in [2.75, 3.05) is 47.5 Å². The summed E-state index contributed by atoms with van der Waals surface area (Å²) in [7, 11) is 1.14. The van der Waals surface area contributed by atoms with Gasteiger partial charge in [-0.25, -0.2) is 0 Å². The van der Waals surface area contributed by atoms with Crippen molar-refractivity contribution in [2.24, 2.45) is 0 Å². The third kappa shape index (κ3) is 39.7. The molecular formula is C44H80NO8P. The molecular weight excluding hydrogens is 701 g/mol. The van der Waals surface area contributed by atoms with E-state index in [1.807, 2.05) is 21.1 Å². The summed E-state index contributed by atoms with van der Waals surface area (Å²) in [4.78, 5) is 37.5. The lowest BCUT2D eigenvalue weighted by Gasteiger charge is -2.28.